The second kappa shape index (κ2) is 7.73. The van der Waals surface area contributed by atoms with Crippen molar-refractivity contribution in [1.29, 1.82) is 0 Å². The Morgan fingerprint density at radius 3 is 2.61 bits per heavy atom. The van der Waals surface area contributed by atoms with Crippen molar-refractivity contribution in [3.63, 3.8) is 0 Å². The normalized spacial score (nSPS) is 17.9. The van der Waals surface area contributed by atoms with Gasteiger partial charge in [-0.1, -0.05) is 13.3 Å². The molecule has 1 unspecified atom stereocenters. The van der Waals surface area contributed by atoms with Crippen molar-refractivity contribution in [2.75, 3.05) is 18.5 Å². The number of anilines is 1. The van der Waals surface area contributed by atoms with E-state index in [1.807, 2.05) is 0 Å². The lowest BCUT2D eigenvalue weighted by Gasteiger charge is -2.32. The molecule has 1 atom stereocenters. The number of rotatable bonds is 6. The predicted molar refractivity (Wildman–Crippen MR) is 86.6 cm³/mol. The van der Waals surface area contributed by atoms with Crippen molar-refractivity contribution in [1.82, 2.24) is 10.2 Å². The third kappa shape index (κ3) is 4.79. The molecule has 0 spiro atoms. The summed E-state index contributed by atoms with van der Waals surface area (Å²) < 4.78 is 0. The number of hydrogen-bond acceptors (Lipinski definition) is 4. The van der Waals surface area contributed by atoms with E-state index in [-0.39, 0.29) is 24.4 Å². The van der Waals surface area contributed by atoms with Crippen LogP contribution >= 0.6 is 0 Å². The maximum atomic E-state index is 12.0. The highest BCUT2D eigenvalue weighted by atomic mass is 16.2. The van der Waals surface area contributed by atoms with Gasteiger partial charge in [0.25, 0.3) is 0 Å². The van der Waals surface area contributed by atoms with Gasteiger partial charge in [-0.15, -0.1) is 0 Å². The van der Waals surface area contributed by atoms with Gasteiger partial charge in [-0.05, 0) is 30.7 Å². The summed E-state index contributed by atoms with van der Waals surface area (Å²) in [6, 6.07) is 6.49. The van der Waals surface area contributed by atoms with Crippen LogP contribution in [0.15, 0.2) is 24.3 Å². The molecule has 0 aromatic heterocycles. The van der Waals surface area contributed by atoms with Crippen LogP contribution in [-0.4, -0.2) is 41.9 Å². The largest absolute Gasteiger partial charge is 0.366 e. The second-order valence-electron chi connectivity index (χ2n) is 5.63. The van der Waals surface area contributed by atoms with Crippen LogP contribution < -0.4 is 16.4 Å². The number of benzene rings is 1. The van der Waals surface area contributed by atoms with Crippen LogP contribution in [-0.2, 0) is 9.59 Å². The molecule has 1 heterocycles. The Morgan fingerprint density at radius 1 is 1.35 bits per heavy atom. The predicted octanol–water partition coefficient (Wildman–Crippen LogP) is 0.672. The number of hydrogen-bond donors (Lipinski definition) is 3. The van der Waals surface area contributed by atoms with Crippen molar-refractivity contribution in [3.05, 3.63) is 29.8 Å². The van der Waals surface area contributed by atoms with E-state index >= 15 is 0 Å². The molecule has 1 aromatic carbocycles. The Labute approximate surface area is 135 Å². The van der Waals surface area contributed by atoms with Gasteiger partial charge in [0.05, 0.1) is 6.67 Å². The number of nitrogens with zero attached hydrogens (tertiary/aromatic N) is 1. The second-order valence-corrected chi connectivity index (χ2v) is 5.63. The van der Waals surface area contributed by atoms with Crippen LogP contribution in [0.4, 0.5) is 5.69 Å². The van der Waals surface area contributed by atoms with Gasteiger partial charge < -0.3 is 16.0 Å². The maximum Gasteiger partial charge on any atom is 0.248 e. The highest BCUT2D eigenvalue weighted by Gasteiger charge is 2.25. The van der Waals surface area contributed by atoms with E-state index in [0.29, 0.717) is 24.3 Å². The molecule has 1 fully saturated rings. The topological polar surface area (TPSA) is 105 Å². The number of nitrogens with two attached hydrogens (primary N) is 1. The maximum absolute atomic E-state index is 12.0. The van der Waals surface area contributed by atoms with Crippen LogP contribution in [0.3, 0.4) is 0 Å². The quantitative estimate of drug-likeness (QED) is 0.717. The smallest absolute Gasteiger partial charge is 0.248 e. The van der Waals surface area contributed by atoms with Gasteiger partial charge in [0.15, 0.2) is 0 Å². The van der Waals surface area contributed by atoms with E-state index in [1.54, 1.807) is 24.3 Å². The summed E-state index contributed by atoms with van der Waals surface area (Å²) in [5.41, 5.74) is 6.09. The van der Waals surface area contributed by atoms with Crippen LogP contribution in [0.2, 0.25) is 0 Å². The Hall–Kier alpha value is -2.41. The first-order chi connectivity index (χ1) is 11.0. The summed E-state index contributed by atoms with van der Waals surface area (Å²) in [4.78, 5) is 36.6. The SMILES string of the molecule is CCCC1CC(=O)N(CC(=O)Nc2ccc(C(N)=O)cc2)CN1. The summed E-state index contributed by atoms with van der Waals surface area (Å²) in [7, 11) is 0. The molecule has 0 aliphatic carbocycles. The van der Waals surface area contributed by atoms with Gasteiger partial charge in [-0.2, -0.15) is 0 Å². The zero-order chi connectivity index (χ0) is 16.8. The summed E-state index contributed by atoms with van der Waals surface area (Å²) in [6.07, 6.45) is 2.40. The van der Waals surface area contributed by atoms with Crippen LogP contribution in [0.1, 0.15) is 36.5 Å². The first-order valence-electron chi connectivity index (χ1n) is 7.70. The first kappa shape index (κ1) is 17.0. The number of nitrogens with one attached hydrogen (secondary N) is 2. The van der Waals surface area contributed by atoms with Gasteiger partial charge in [0, 0.05) is 23.7 Å². The molecule has 23 heavy (non-hydrogen) atoms. The fourth-order valence-corrected chi connectivity index (χ4v) is 2.53. The highest BCUT2D eigenvalue weighted by Crippen LogP contribution is 2.12. The summed E-state index contributed by atoms with van der Waals surface area (Å²) in [5, 5.41) is 5.96. The first-order valence-corrected chi connectivity index (χ1v) is 7.70. The van der Waals surface area contributed by atoms with E-state index < -0.39 is 5.91 Å². The van der Waals surface area contributed by atoms with Crippen LogP contribution in [0, 0.1) is 0 Å². The molecule has 0 radical (unpaired) electrons. The lowest BCUT2D eigenvalue weighted by Crippen LogP contribution is -2.52. The minimum Gasteiger partial charge on any atom is -0.366 e. The van der Waals surface area contributed by atoms with Crippen molar-refractivity contribution in [2.24, 2.45) is 5.73 Å². The average Bonchev–Trinajstić information content (AvgIpc) is 2.51. The zero-order valence-corrected chi connectivity index (χ0v) is 13.2. The molecule has 1 aromatic rings. The minimum absolute atomic E-state index is 0.00223. The molecule has 1 aliphatic heterocycles. The molecular formula is C16H22N4O3. The molecule has 4 N–H and O–H groups in total. The number of amides is 3. The highest BCUT2D eigenvalue weighted by molar-refractivity contribution is 5.96. The summed E-state index contributed by atoms with van der Waals surface area (Å²) >= 11 is 0. The zero-order valence-electron chi connectivity index (χ0n) is 13.2. The third-order valence-electron chi connectivity index (χ3n) is 3.77. The van der Waals surface area contributed by atoms with E-state index in [2.05, 4.69) is 17.6 Å². The fraction of sp³-hybridized carbons (Fsp3) is 0.438. The van der Waals surface area contributed by atoms with Crippen LogP contribution in [0.25, 0.3) is 0 Å². The minimum atomic E-state index is -0.519. The molecule has 0 bridgehead atoms. The third-order valence-corrected chi connectivity index (χ3v) is 3.77. The number of carbonyl (C=O) groups excluding carboxylic acids is 3. The van der Waals surface area contributed by atoms with Crippen molar-refractivity contribution in [2.45, 2.75) is 32.2 Å². The van der Waals surface area contributed by atoms with Gasteiger partial charge in [0.1, 0.15) is 6.54 Å². The van der Waals surface area contributed by atoms with Gasteiger partial charge in [-0.25, -0.2) is 0 Å². The molecule has 7 nitrogen and oxygen atoms in total. The molecule has 124 valence electrons. The van der Waals surface area contributed by atoms with E-state index in [4.69, 9.17) is 5.73 Å². The average molecular weight is 318 g/mol. The number of carbonyl (C=O) groups is 3. The lowest BCUT2D eigenvalue weighted by molar-refractivity contribution is -0.138. The summed E-state index contributed by atoms with van der Waals surface area (Å²) in [6.45, 7) is 2.47. The molecule has 1 saturated heterocycles. The monoisotopic (exact) mass is 318 g/mol. The Morgan fingerprint density at radius 2 is 2.04 bits per heavy atom. The Kier molecular flexibility index (Phi) is 5.70. The lowest BCUT2D eigenvalue weighted by atomic mass is 10.1. The molecule has 2 rings (SSSR count). The van der Waals surface area contributed by atoms with E-state index in [0.717, 1.165) is 12.8 Å². The van der Waals surface area contributed by atoms with E-state index in [1.165, 1.54) is 4.90 Å². The van der Waals surface area contributed by atoms with Crippen molar-refractivity contribution >= 4 is 23.4 Å². The van der Waals surface area contributed by atoms with Crippen molar-refractivity contribution in [3.8, 4) is 0 Å². The molecule has 3 amide bonds. The molecule has 7 heteroatoms. The van der Waals surface area contributed by atoms with Gasteiger partial charge in [-0.3, -0.25) is 19.7 Å². The van der Waals surface area contributed by atoms with Gasteiger partial charge >= 0.3 is 0 Å². The molecular weight excluding hydrogens is 296 g/mol. The number of primary amides is 1. The Bertz CT molecular complexity index is 585. The van der Waals surface area contributed by atoms with Crippen LogP contribution in [0.5, 0.6) is 0 Å². The standard InChI is InChI=1S/C16H22N4O3/c1-2-3-13-8-15(22)20(10-18-13)9-14(21)19-12-6-4-11(5-7-12)16(17)23/h4-7,13,18H,2-3,8-10H2,1H3,(H2,17,23)(H,19,21). The fourth-order valence-electron chi connectivity index (χ4n) is 2.53. The Balaban J connectivity index is 1.85. The molecule has 0 saturated carbocycles. The van der Waals surface area contributed by atoms with Gasteiger partial charge in [0.2, 0.25) is 17.7 Å². The summed E-state index contributed by atoms with van der Waals surface area (Å²) in [5.74, 6) is -0.808. The van der Waals surface area contributed by atoms with Crippen molar-refractivity contribution < 1.29 is 14.4 Å². The molecule has 1 aliphatic rings. The van der Waals surface area contributed by atoms with E-state index in [9.17, 15) is 14.4 Å².